The third-order valence-corrected chi connectivity index (χ3v) is 5.51. The third kappa shape index (κ3) is 4.07. The number of nitrogens with zero attached hydrogens (tertiary/aromatic N) is 1. The number of rotatable bonds is 6. The van der Waals surface area contributed by atoms with E-state index in [9.17, 15) is 16.8 Å². The van der Waals surface area contributed by atoms with Crippen LogP contribution in [0.3, 0.4) is 0 Å². The van der Waals surface area contributed by atoms with Crippen molar-refractivity contribution < 1.29 is 48.3 Å². The van der Waals surface area contributed by atoms with E-state index in [1.54, 1.807) is 13.8 Å². The van der Waals surface area contributed by atoms with Gasteiger partial charge in [-0.15, -0.1) is 4.40 Å². The molecule has 4 atom stereocenters. The van der Waals surface area contributed by atoms with Crippen LogP contribution in [0.25, 0.3) is 0 Å². The Balaban J connectivity index is 1.80. The van der Waals surface area contributed by atoms with Crippen molar-refractivity contribution in [2.24, 2.45) is 4.40 Å². The Bertz CT molecular complexity index is 777. The van der Waals surface area contributed by atoms with Crippen LogP contribution >= 0.6 is 0 Å². The molecule has 3 aliphatic rings. The average Bonchev–Trinajstić information content (AvgIpc) is 2.97. The minimum absolute atomic E-state index is 0.0215. The van der Waals surface area contributed by atoms with Crippen molar-refractivity contribution in [2.45, 2.75) is 43.7 Å². The first-order valence-corrected chi connectivity index (χ1v) is 10.2. The summed E-state index contributed by atoms with van der Waals surface area (Å²) in [5, 5.41) is 0. The molecule has 0 bridgehead atoms. The van der Waals surface area contributed by atoms with Crippen LogP contribution in [-0.4, -0.2) is 79.9 Å². The van der Waals surface area contributed by atoms with Gasteiger partial charge in [0.1, 0.15) is 24.9 Å². The van der Waals surface area contributed by atoms with Crippen molar-refractivity contribution >= 4 is 26.9 Å². The van der Waals surface area contributed by atoms with Crippen molar-refractivity contribution in [3.8, 4) is 0 Å². The van der Waals surface area contributed by atoms with Crippen molar-refractivity contribution in [2.75, 3.05) is 26.9 Å². The second-order valence-electron chi connectivity index (χ2n) is 6.20. The van der Waals surface area contributed by atoms with E-state index in [2.05, 4.69) is 9.13 Å². The van der Waals surface area contributed by atoms with Crippen LogP contribution in [0.1, 0.15) is 13.8 Å². The van der Waals surface area contributed by atoms with Gasteiger partial charge in [0.05, 0.1) is 13.2 Å². The molecule has 0 aromatic carbocycles. The quantitative estimate of drug-likeness (QED) is 0.484. The molecule has 0 amide bonds. The third-order valence-electron chi connectivity index (χ3n) is 3.74. The SMILES string of the molecule is COCC=NS(=O)(=O)OC[C@@]12OC[C@H]3OS(=O)(=O)O[C@H]3[C@@H]1OC(C)(C)O2. The van der Waals surface area contributed by atoms with Gasteiger partial charge in [-0.1, -0.05) is 0 Å². The molecule has 3 rings (SSSR count). The maximum absolute atomic E-state index is 11.8. The lowest BCUT2D eigenvalue weighted by molar-refractivity contribution is -0.290. The Morgan fingerprint density at radius 1 is 1.31 bits per heavy atom. The van der Waals surface area contributed by atoms with Crippen LogP contribution < -0.4 is 0 Å². The molecule has 0 spiro atoms. The van der Waals surface area contributed by atoms with Crippen molar-refractivity contribution in [3.63, 3.8) is 0 Å². The fourth-order valence-electron chi connectivity index (χ4n) is 2.88. The van der Waals surface area contributed by atoms with Crippen LogP contribution in [0.4, 0.5) is 0 Å². The smallest absolute Gasteiger partial charge is 0.379 e. The molecule has 3 aliphatic heterocycles. The van der Waals surface area contributed by atoms with Gasteiger partial charge >= 0.3 is 20.7 Å². The lowest BCUT2D eigenvalue weighted by Gasteiger charge is -2.39. The van der Waals surface area contributed by atoms with E-state index in [-0.39, 0.29) is 13.2 Å². The van der Waals surface area contributed by atoms with Crippen LogP contribution in [0, 0.1) is 0 Å². The summed E-state index contributed by atoms with van der Waals surface area (Å²) in [5.41, 5.74) is 0. The highest BCUT2D eigenvalue weighted by molar-refractivity contribution is 7.85. The number of ether oxygens (including phenoxy) is 4. The zero-order valence-electron chi connectivity index (χ0n) is 14.2. The maximum Gasteiger partial charge on any atom is 0.400 e. The van der Waals surface area contributed by atoms with E-state index >= 15 is 0 Å². The number of methoxy groups -OCH3 is 1. The van der Waals surface area contributed by atoms with Gasteiger partial charge in [0.15, 0.2) is 5.79 Å². The molecule has 0 aliphatic carbocycles. The Kier molecular flexibility index (Phi) is 5.18. The zero-order valence-corrected chi connectivity index (χ0v) is 15.8. The lowest BCUT2D eigenvalue weighted by Crippen LogP contribution is -2.60. The summed E-state index contributed by atoms with van der Waals surface area (Å²) < 4.78 is 86.2. The fraction of sp³-hybridized carbons (Fsp3) is 0.917. The van der Waals surface area contributed by atoms with E-state index < -0.39 is 57.2 Å². The monoisotopic (exact) mass is 417 g/mol. The summed E-state index contributed by atoms with van der Waals surface area (Å²) >= 11 is 0. The molecule has 26 heavy (non-hydrogen) atoms. The summed E-state index contributed by atoms with van der Waals surface area (Å²) in [4.78, 5) is 0. The summed E-state index contributed by atoms with van der Waals surface area (Å²) in [6, 6.07) is 0. The number of fused-ring (bicyclic) bond motifs is 3. The molecule has 14 heteroatoms. The summed E-state index contributed by atoms with van der Waals surface area (Å²) in [5.74, 6) is -2.92. The van der Waals surface area contributed by atoms with Crippen molar-refractivity contribution in [3.05, 3.63) is 0 Å². The largest absolute Gasteiger partial charge is 0.400 e. The molecule has 3 fully saturated rings. The van der Waals surface area contributed by atoms with Crippen LogP contribution in [0.2, 0.25) is 0 Å². The standard InChI is InChI=1S/C12H19NO11S2/c1-11(2)21-10-9-8(22-26(16,17)23-9)6-19-12(10,24-11)7-20-25(14,15)13-4-5-18-3/h4,8-10H,5-7H2,1-3H3/t8-,9-,10+,12+/m1/s1. The van der Waals surface area contributed by atoms with E-state index in [0.29, 0.717) is 0 Å². The Morgan fingerprint density at radius 2 is 2.04 bits per heavy atom. The van der Waals surface area contributed by atoms with Crippen LogP contribution in [-0.2, 0) is 52.2 Å². The van der Waals surface area contributed by atoms with Gasteiger partial charge in [-0.2, -0.15) is 16.8 Å². The Hall–Kier alpha value is -0.710. The molecule has 0 aromatic heterocycles. The van der Waals surface area contributed by atoms with Gasteiger partial charge in [-0.3, -0.25) is 0 Å². The Morgan fingerprint density at radius 3 is 2.73 bits per heavy atom. The molecule has 3 saturated heterocycles. The maximum atomic E-state index is 11.8. The molecule has 0 radical (unpaired) electrons. The van der Waals surface area contributed by atoms with E-state index in [4.69, 9.17) is 26.8 Å². The van der Waals surface area contributed by atoms with Gasteiger partial charge < -0.3 is 18.9 Å². The summed E-state index contributed by atoms with van der Waals surface area (Å²) in [7, 11) is -7.12. The summed E-state index contributed by atoms with van der Waals surface area (Å²) in [6.45, 7) is 2.24. The van der Waals surface area contributed by atoms with Gasteiger partial charge in [-0.05, 0) is 13.8 Å². The first-order valence-electron chi connectivity index (χ1n) is 7.53. The molecule has 150 valence electrons. The molecule has 0 saturated carbocycles. The van der Waals surface area contributed by atoms with Crippen LogP contribution in [0.15, 0.2) is 4.40 Å². The van der Waals surface area contributed by atoms with Gasteiger partial charge in [0, 0.05) is 13.3 Å². The van der Waals surface area contributed by atoms with Crippen molar-refractivity contribution in [1.82, 2.24) is 0 Å². The minimum Gasteiger partial charge on any atom is -0.379 e. The first kappa shape index (κ1) is 20.0. The Labute approximate surface area is 150 Å². The molecular formula is C12H19NO11S2. The average molecular weight is 417 g/mol. The fourth-order valence-corrected chi connectivity index (χ4v) is 4.50. The predicted molar refractivity (Wildman–Crippen MR) is 82.6 cm³/mol. The number of hydrogen-bond donors (Lipinski definition) is 0. The normalized spacial score (nSPS) is 38.3. The van der Waals surface area contributed by atoms with E-state index in [1.807, 2.05) is 0 Å². The highest BCUT2D eigenvalue weighted by Crippen LogP contribution is 2.46. The molecule has 0 N–H and O–H groups in total. The topological polar surface area (TPSA) is 145 Å². The zero-order chi connectivity index (χ0) is 19.2. The molecule has 3 heterocycles. The van der Waals surface area contributed by atoms with Gasteiger partial charge in [0.2, 0.25) is 5.79 Å². The van der Waals surface area contributed by atoms with Gasteiger partial charge in [-0.25, -0.2) is 12.5 Å². The second-order valence-corrected chi connectivity index (χ2v) is 8.70. The molecule has 12 nitrogen and oxygen atoms in total. The number of hydrogen-bond acceptors (Lipinski definition) is 11. The first-order chi connectivity index (χ1) is 12.0. The molecule has 0 aromatic rings. The van der Waals surface area contributed by atoms with E-state index in [1.165, 1.54) is 7.11 Å². The van der Waals surface area contributed by atoms with Gasteiger partial charge in [0.25, 0.3) is 0 Å². The highest BCUT2D eigenvalue weighted by Gasteiger charge is 2.66. The van der Waals surface area contributed by atoms with E-state index in [0.717, 1.165) is 6.21 Å². The van der Waals surface area contributed by atoms with Crippen molar-refractivity contribution in [1.29, 1.82) is 0 Å². The van der Waals surface area contributed by atoms with Crippen LogP contribution in [0.5, 0.6) is 0 Å². The summed E-state index contributed by atoms with van der Waals surface area (Å²) in [6.07, 6.45) is -2.10. The second kappa shape index (κ2) is 6.72. The molecule has 0 unspecified atom stereocenters. The lowest BCUT2D eigenvalue weighted by atomic mass is 9.98. The molecular weight excluding hydrogens is 398 g/mol. The predicted octanol–water partition coefficient (Wildman–Crippen LogP) is -1.13. The minimum atomic E-state index is -4.30. The highest BCUT2D eigenvalue weighted by atomic mass is 32.3.